The van der Waals surface area contributed by atoms with Crippen molar-refractivity contribution in [2.45, 2.75) is 0 Å². The normalized spacial score (nSPS) is 15.9. The maximum absolute atomic E-state index is 4.74. The molecule has 0 amide bonds. The van der Waals surface area contributed by atoms with Crippen LogP contribution in [-0.4, -0.2) is 23.8 Å². The Morgan fingerprint density at radius 1 is 0.826 bits per heavy atom. The van der Waals surface area contributed by atoms with Gasteiger partial charge in [0.15, 0.2) is 0 Å². The van der Waals surface area contributed by atoms with Gasteiger partial charge in [-0.3, -0.25) is 4.99 Å². The summed E-state index contributed by atoms with van der Waals surface area (Å²) in [6.07, 6.45) is 2.30. The molecule has 2 aliphatic heterocycles. The van der Waals surface area contributed by atoms with E-state index in [2.05, 4.69) is 77.7 Å². The summed E-state index contributed by atoms with van der Waals surface area (Å²) in [7, 11) is 0. The molecule has 0 bridgehead atoms. The van der Waals surface area contributed by atoms with Crippen LogP contribution >= 0.6 is 0 Å². The minimum absolute atomic E-state index is 0.870. The van der Waals surface area contributed by atoms with E-state index in [-0.39, 0.29) is 0 Å². The highest BCUT2D eigenvalue weighted by atomic mass is 15.3. The van der Waals surface area contributed by atoms with Crippen LogP contribution in [0.5, 0.6) is 0 Å². The van der Waals surface area contributed by atoms with Crippen LogP contribution < -0.4 is 0 Å². The second kappa shape index (κ2) is 4.82. The monoisotopic (exact) mass is 296 g/mol. The van der Waals surface area contributed by atoms with E-state index >= 15 is 0 Å². The predicted octanol–water partition coefficient (Wildman–Crippen LogP) is 4.41. The van der Waals surface area contributed by atoms with Gasteiger partial charge in [0.2, 0.25) is 0 Å². The van der Waals surface area contributed by atoms with Gasteiger partial charge in [-0.25, -0.2) is 0 Å². The molecule has 0 saturated carbocycles. The zero-order valence-electron chi connectivity index (χ0n) is 12.7. The number of rotatable bonds is 1. The van der Waals surface area contributed by atoms with Gasteiger partial charge in [0.1, 0.15) is 5.84 Å². The van der Waals surface area contributed by atoms with Gasteiger partial charge in [-0.2, -0.15) is 0 Å². The molecule has 2 heteroatoms. The molecule has 3 aromatic rings. The van der Waals surface area contributed by atoms with Gasteiger partial charge < -0.3 is 4.90 Å². The van der Waals surface area contributed by atoms with Gasteiger partial charge in [-0.15, -0.1) is 0 Å². The average Bonchev–Trinajstić information content (AvgIpc) is 3.11. The largest absolute Gasteiger partial charge is 0.324 e. The Hall–Kier alpha value is -2.87. The summed E-state index contributed by atoms with van der Waals surface area (Å²) in [6.45, 7) is 1.83. The average molecular weight is 296 g/mol. The molecule has 2 aliphatic rings. The molecule has 0 unspecified atom stereocenters. The third-order valence-corrected chi connectivity index (χ3v) is 4.67. The van der Waals surface area contributed by atoms with E-state index in [1.165, 1.54) is 33.2 Å². The number of nitrogens with zero attached hydrogens (tertiary/aromatic N) is 2. The summed E-state index contributed by atoms with van der Waals surface area (Å²) < 4.78 is 0. The van der Waals surface area contributed by atoms with E-state index in [1.807, 2.05) is 0 Å². The van der Waals surface area contributed by atoms with Crippen LogP contribution in [0.2, 0.25) is 0 Å². The quantitative estimate of drug-likeness (QED) is 0.649. The summed E-state index contributed by atoms with van der Waals surface area (Å²) in [5.41, 5.74) is 5.01. The Morgan fingerprint density at radius 3 is 2.61 bits per heavy atom. The molecule has 5 rings (SSSR count). The van der Waals surface area contributed by atoms with Crippen LogP contribution in [0.3, 0.4) is 0 Å². The maximum atomic E-state index is 4.74. The fourth-order valence-electron chi connectivity index (χ4n) is 3.55. The molecule has 23 heavy (non-hydrogen) atoms. The van der Waals surface area contributed by atoms with Gasteiger partial charge in [0.25, 0.3) is 0 Å². The van der Waals surface area contributed by atoms with Crippen molar-refractivity contribution in [2.75, 3.05) is 13.1 Å². The van der Waals surface area contributed by atoms with E-state index < -0.39 is 0 Å². The molecule has 2 heterocycles. The predicted molar refractivity (Wildman–Crippen MR) is 96.4 cm³/mol. The fourth-order valence-corrected chi connectivity index (χ4v) is 3.55. The van der Waals surface area contributed by atoms with Crippen LogP contribution in [0.1, 0.15) is 16.7 Å². The highest BCUT2D eigenvalue weighted by Gasteiger charge is 2.28. The number of hydrogen-bond acceptors (Lipinski definition) is 2. The van der Waals surface area contributed by atoms with Crippen LogP contribution in [0.4, 0.5) is 0 Å². The first-order chi connectivity index (χ1) is 11.4. The van der Waals surface area contributed by atoms with Crippen molar-refractivity contribution in [3.8, 4) is 0 Å². The van der Waals surface area contributed by atoms with Crippen LogP contribution in [0.25, 0.3) is 22.5 Å². The maximum Gasteiger partial charge on any atom is 0.136 e. The van der Waals surface area contributed by atoms with Crippen molar-refractivity contribution in [3.05, 3.63) is 83.4 Å². The van der Waals surface area contributed by atoms with Crippen LogP contribution in [-0.2, 0) is 0 Å². The van der Waals surface area contributed by atoms with Gasteiger partial charge in [-0.05, 0) is 34.0 Å². The van der Waals surface area contributed by atoms with E-state index in [1.54, 1.807) is 0 Å². The van der Waals surface area contributed by atoms with Gasteiger partial charge in [-0.1, -0.05) is 60.7 Å². The Morgan fingerprint density at radius 2 is 1.65 bits per heavy atom. The molecule has 110 valence electrons. The van der Waals surface area contributed by atoms with E-state index in [0.717, 1.165) is 18.9 Å². The Kier molecular flexibility index (Phi) is 2.65. The first-order valence-electron chi connectivity index (χ1n) is 8.02. The number of benzene rings is 3. The summed E-state index contributed by atoms with van der Waals surface area (Å²) in [6, 6.07) is 23.8. The van der Waals surface area contributed by atoms with Crippen molar-refractivity contribution in [1.29, 1.82) is 0 Å². The molecule has 2 nitrogen and oxygen atoms in total. The number of hydrogen-bond donors (Lipinski definition) is 0. The summed E-state index contributed by atoms with van der Waals surface area (Å²) in [5.74, 6) is 1.12. The number of fused-ring (bicyclic) bond motifs is 4. The molecule has 0 saturated heterocycles. The lowest BCUT2D eigenvalue weighted by molar-refractivity contribution is 0.638. The van der Waals surface area contributed by atoms with Gasteiger partial charge >= 0.3 is 0 Å². The molecule has 0 spiro atoms. The molecule has 3 aromatic carbocycles. The minimum atomic E-state index is 0.870. The lowest BCUT2D eigenvalue weighted by Crippen LogP contribution is -2.30. The van der Waals surface area contributed by atoms with Gasteiger partial charge in [0.05, 0.1) is 12.2 Å². The summed E-state index contributed by atoms with van der Waals surface area (Å²) in [4.78, 5) is 7.09. The van der Waals surface area contributed by atoms with Crippen LogP contribution in [0, 0.1) is 0 Å². The molecule has 0 aliphatic carbocycles. The standard InChI is InChI=1S/C21H16N2/c1-2-6-16-13-18(10-9-15(16)5-1)20-14-17-7-3-4-8-19(17)21-22-11-12-23(20)21/h1-10,13-14H,11-12H2. The first-order valence-corrected chi connectivity index (χ1v) is 8.02. The zero-order valence-corrected chi connectivity index (χ0v) is 12.7. The zero-order chi connectivity index (χ0) is 15.2. The second-order valence-electron chi connectivity index (χ2n) is 6.04. The van der Waals surface area contributed by atoms with Crippen molar-refractivity contribution >= 4 is 28.4 Å². The third kappa shape index (κ3) is 1.92. The Bertz CT molecular complexity index is 982. The Labute approximate surface area is 135 Å². The van der Waals surface area contributed by atoms with Crippen molar-refractivity contribution in [3.63, 3.8) is 0 Å². The fraction of sp³-hybridized carbons (Fsp3) is 0.0952. The molecule has 0 radical (unpaired) electrons. The van der Waals surface area contributed by atoms with E-state index in [0.29, 0.717) is 0 Å². The topological polar surface area (TPSA) is 15.6 Å². The summed E-state index contributed by atoms with van der Waals surface area (Å²) in [5, 5.41) is 2.56. The lowest BCUT2D eigenvalue weighted by atomic mass is 9.96. The molecule has 0 atom stereocenters. The number of amidine groups is 1. The van der Waals surface area contributed by atoms with Crippen LogP contribution in [0.15, 0.2) is 71.7 Å². The second-order valence-corrected chi connectivity index (χ2v) is 6.04. The molecule has 0 fully saturated rings. The number of aliphatic imine (C=N–C) groups is 1. The molecule has 0 aromatic heterocycles. The highest BCUT2D eigenvalue weighted by molar-refractivity contribution is 6.12. The van der Waals surface area contributed by atoms with Crippen molar-refractivity contribution < 1.29 is 0 Å². The third-order valence-electron chi connectivity index (χ3n) is 4.67. The lowest BCUT2D eigenvalue weighted by Gasteiger charge is -2.29. The molecular weight excluding hydrogens is 280 g/mol. The highest BCUT2D eigenvalue weighted by Crippen LogP contribution is 2.34. The van der Waals surface area contributed by atoms with Gasteiger partial charge in [0, 0.05) is 12.1 Å². The molecule has 0 N–H and O–H groups in total. The smallest absolute Gasteiger partial charge is 0.136 e. The van der Waals surface area contributed by atoms with Crippen molar-refractivity contribution in [1.82, 2.24) is 4.90 Å². The van der Waals surface area contributed by atoms with E-state index in [9.17, 15) is 0 Å². The SMILES string of the molecule is C1=C(c2ccc3ccccc3c2)N2CCN=C2c2ccccc21. The summed E-state index contributed by atoms with van der Waals surface area (Å²) >= 11 is 0. The first kappa shape index (κ1) is 12.7. The Balaban J connectivity index is 1.72. The molecular formula is C21H16N2. The van der Waals surface area contributed by atoms with E-state index in [4.69, 9.17) is 4.99 Å². The van der Waals surface area contributed by atoms with Crippen molar-refractivity contribution in [2.24, 2.45) is 4.99 Å². The minimum Gasteiger partial charge on any atom is -0.324 e.